The summed E-state index contributed by atoms with van der Waals surface area (Å²) >= 11 is 1.62. The monoisotopic (exact) mass is 264 g/mol. The van der Waals surface area contributed by atoms with Crippen LogP contribution in [0, 0.1) is 0 Å². The van der Waals surface area contributed by atoms with Crippen LogP contribution in [-0.4, -0.2) is 42.7 Å². The first-order valence-corrected chi connectivity index (χ1v) is 7.41. The van der Waals surface area contributed by atoms with Crippen LogP contribution < -0.4 is 5.32 Å². The average molecular weight is 264 g/mol. The standard InChI is InChI=1S/C14H20N2OS/c1-15-10-12-6-5-9-16(12)14(17)11-18-13-7-3-2-4-8-13/h2-4,7-8,12,15H,5-6,9-11H2,1H3. The van der Waals surface area contributed by atoms with Gasteiger partial charge in [-0.05, 0) is 32.0 Å². The maximum atomic E-state index is 12.2. The van der Waals surface area contributed by atoms with Crippen LogP contribution in [0.15, 0.2) is 35.2 Å². The fourth-order valence-electron chi connectivity index (χ4n) is 2.36. The number of benzene rings is 1. The molecule has 0 bridgehead atoms. The van der Waals surface area contributed by atoms with Crippen LogP contribution in [0.5, 0.6) is 0 Å². The van der Waals surface area contributed by atoms with Crippen molar-refractivity contribution in [1.82, 2.24) is 10.2 Å². The zero-order valence-electron chi connectivity index (χ0n) is 10.8. The van der Waals surface area contributed by atoms with E-state index in [0.717, 1.165) is 30.8 Å². The molecule has 3 nitrogen and oxygen atoms in total. The Morgan fingerprint density at radius 1 is 1.44 bits per heavy atom. The van der Waals surface area contributed by atoms with Crippen LogP contribution in [0.4, 0.5) is 0 Å². The molecule has 1 aliphatic heterocycles. The molecule has 1 heterocycles. The fraction of sp³-hybridized carbons (Fsp3) is 0.500. The fourth-order valence-corrected chi connectivity index (χ4v) is 3.16. The molecular formula is C14H20N2OS. The van der Waals surface area contributed by atoms with Gasteiger partial charge in [0.15, 0.2) is 0 Å². The van der Waals surface area contributed by atoms with E-state index in [2.05, 4.69) is 5.32 Å². The summed E-state index contributed by atoms with van der Waals surface area (Å²) in [6.07, 6.45) is 2.26. The summed E-state index contributed by atoms with van der Waals surface area (Å²) in [6, 6.07) is 10.5. The smallest absolute Gasteiger partial charge is 0.233 e. The van der Waals surface area contributed by atoms with Gasteiger partial charge >= 0.3 is 0 Å². The van der Waals surface area contributed by atoms with E-state index in [1.54, 1.807) is 11.8 Å². The molecule has 1 aromatic rings. The number of nitrogens with one attached hydrogen (secondary N) is 1. The van der Waals surface area contributed by atoms with Crippen molar-refractivity contribution in [2.75, 3.05) is 25.9 Å². The van der Waals surface area contributed by atoms with E-state index in [-0.39, 0.29) is 5.91 Å². The van der Waals surface area contributed by atoms with Gasteiger partial charge in [-0.2, -0.15) is 0 Å². The van der Waals surface area contributed by atoms with Crippen LogP contribution in [0.1, 0.15) is 12.8 Å². The molecule has 1 atom stereocenters. The number of likely N-dealkylation sites (tertiary alicyclic amines) is 1. The largest absolute Gasteiger partial charge is 0.338 e. The number of rotatable bonds is 5. The third-order valence-corrected chi connectivity index (χ3v) is 4.24. The van der Waals surface area contributed by atoms with E-state index in [4.69, 9.17) is 0 Å². The normalized spacial score (nSPS) is 19.2. The first kappa shape index (κ1) is 13.4. The molecule has 1 unspecified atom stereocenters. The minimum atomic E-state index is 0.265. The van der Waals surface area contributed by atoms with Gasteiger partial charge in [-0.15, -0.1) is 11.8 Å². The van der Waals surface area contributed by atoms with Crippen molar-refractivity contribution in [1.29, 1.82) is 0 Å². The topological polar surface area (TPSA) is 32.3 Å². The lowest BCUT2D eigenvalue weighted by Crippen LogP contribution is -2.41. The van der Waals surface area contributed by atoms with Crippen molar-refractivity contribution in [2.45, 2.75) is 23.8 Å². The Morgan fingerprint density at radius 2 is 2.22 bits per heavy atom. The zero-order chi connectivity index (χ0) is 12.8. The van der Waals surface area contributed by atoms with E-state index in [1.807, 2.05) is 42.3 Å². The molecule has 1 aromatic carbocycles. The summed E-state index contributed by atoms with van der Waals surface area (Å²) in [5.41, 5.74) is 0. The average Bonchev–Trinajstić information content (AvgIpc) is 2.86. The van der Waals surface area contributed by atoms with Crippen molar-refractivity contribution in [3.05, 3.63) is 30.3 Å². The molecule has 1 amide bonds. The van der Waals surface area contributed by atoms with E-state index in [0.29, 0.717) is 11.8 Å². The van der Waals surface area contributed by atoms with Crippen LogP contribution in [0.2, 0.25) is 0 Å². The Hall–Kier alpha value is -1.00. The molecule has 0 aromatic heterocycles. The Balaban J connectivity index is 1.84. The number of likely N-dealkylation sites (N-methyl/N-ethyl adjacent to an activating group) is 1. The lowest BCUT2D eigenvalue weighted by molar-refractivity contribution is -0.129. The van der Waals surface area contributed by atoms with Crippen molar-refractivity contribution < 1.29 is 4.79 Å². The summed E-state index contributed by atoms with van der Waals surface area (Å²) in [4.78, 5) is 15.4. The second kappa shape index (κ2) is 6.81. The van der Waals surface area contributed by atoms with Gasteiger partial charge in [-0.3, -0.25) is 4.79 Å². The van der Waals surface area contributed by atoms with Gasteiger partial charge in [-0.25, -0.2) is 0 Å². The number of amides is 1. The number of nitrogens with zero attached hydrogens (tertiary/aromatic N) is 1. The zero-order valence-corrected chi connectivity index (χ0v) is 11.6. The molecule has 0 aliphatic carbocycles. The predicted molar refractivity (Wildman–Crippen MR) is 75.8 cm³/mol. The second-order valence-corrected chi connectivity index (χ2v) is 5.59. The lowest BCUT2D eigenvalue weighted by Gasteiger charge is -2.24. The molecule has 0 saturated carbocycles. The Kier molecular flexibility index (Phi) is 5.08. The van der Waals surface area contributed by atoms with Crippen LogP contribution >= 0.6 is 11.8 Å². The lowest BCUT2D eigenvalue weighted by atomic mass is 10.2. The molecule has 0 spiro atoms. The van der Waals surface area contributed by atoms with E-state index < -0.39 is 0 Å². The first-order valence-electron chi connectivity index (χ1n) is 6.43. The molecule has 2 rings (SSSR count). The first-order chi connectivity index (χ1) is 8.81. The minimum Gasteiger partial charge on any atom is -0.338 e. The quantitative estimate of drug-likeness (QED) is 0.826. The van der Waals surface area contributed by atoms with Crippen LogP contribution in [0.25, 0.3) is 0 Å². The van der Waals surface area contributed by atoms with Gasteiger partial charge in [0.25, 0.3) is 0 Å². The summed E-state index contributed by atoms with van der Waals surface area (Å²) in [7, 11) is 1.94. The molecule has 1 N–H and O–H groups in total. The molecule has 98 valence electrons. The Labute approximate surface area is 113 Å². The maximum absolute atomic E-state index is 12.2. The van der Waals surface area contributed by atoms with E-state index in [1.165, 1.54) is 0 Å². The summed E-state index contributed by atoms with van der Waals surface area (Å²) < 4.78 is 0. The summed E-state index contributed by atoms with van der Waals surface area (Å²) in [6.45, 7) is 1.82. The van der Waals surface area contributed by atoms with Gasteiger partial charge in [0, 0.05) is 24.0 Å². The Morgan fingerprint density at radius 3 is 2.94 bits per heavy atom. The van der Waals surface area contributed by atoms with Crippen LogP contribution in [-0.2, 0) is 4.79 Å². The SMILES string of the molecule is CNCC1CCCN1C(=O)CSc1ccccc1. The highest BCUT2D eigenvalue weighted by molar-refractivity contribution is 8.00. The predicted octanol–water partition coefficient (Wildman–Crippen LogP) is 1.99. The van der Waals surface area contributed by atoms with Crippen molar-refractivity contribution in [3.8, 4) is 0 Å². The molecule has 18 heavy (non-hydrogen) atoms. The summed E-state index contributed by atoms with van der Waals surface area (Å²) in [5.74, 6) is 0.811. The number of thioether (sulfide) groups is 1. The third kappa shape index (κ3) is 3.50. The summed E-state index contributed by atoms with van der Waals surface area (Å²) in [5, 5.41) is 3.17. The minimum absolute atomic E-state index is 0.265. The second-order valence-electron chi connectivity index (χ2n) is 4.54. The number of hydrogen-bond donors (Lipinski definition) is 1. The molecule has 0 radical (unpaired) electrons. The van der Waals surface area contributed by atoms with Crippen molar-refractivity contribution >= 4 is 17.7 Å². The van der Waals surface area contributed by atoms with Crippen LogP contribution in [0.3, 0.4) is 0 Å². The molecule has 1 aliphatic rings. The highest BCUT2D eigenvalue weighted by Crippen LogP contribution is 2.21. The van der Waals surface area contributed by atoms with Gasteiger partial charge in [-0.1, -0.05) is 18.2 Å². The van der Waals surface area contributed by atoms with E-state index >= 15 is 0 Å². The van der Waals surface area contributed by atoms with Gasteiger partial charge in [0.2, 0.25) is 5.91 Å². The highest BCUT2D eigenvalue weighted by atomic mass is 32.2. The highest BCUT2D eigenvalue weighted by Gasteiger charge is 2.27. The van der Waals surface area contributed by atoms with Gasteiger partial charge in [0.05, 0.1) is 5.75 Å². The van der Waals surface area contributed by atoms with Crippen molar-refractivity contribution in [2.24, 2.45) is 0 Å². The number of hydrogen-bond acceptors (Lipinski definition) is 3. The van der Waals surface area contributed by atoms with E-state index in [9.17, 15) is 4.79 Å². The molecular weight excluding hydrogens is 244 g/mol. The number of carbonyl (C=O) groups excluding carboxylic acids is 1. The third-order valence-electron chi connectivity index (χ3n) is 3.24. The molecule has 1 saturated heterocycles. The van der Waals surface area contributed by atoms with Crippen molar-refractivity contribution in [3.63, 3.8) is 0 Å². The Bertz CT molecular complexity index is 383. The molecule has 4 heteroatoms. The maximum Gasteiger partial charge on any atom is 0.233 e. The van der Waals surface area contributed by atoms with Gasteiger partial charge in [0.1, 0.15) is 0 Å². The number of carbonyl (C=O) groups is 1. The van der Waals surface area contributed by atoms with Gasteiger partial charge < -0.3 is 10.2 Å². The molecule has 1 fully saturated rings.